The predicted octanol–water partition coefficient (Wildman–Crippen LogP) is 3.45. The Morgan fingerprint density at radius 3 is 2.59 bits per heavy atom. The van der Waals surface area contributed by atoms with E-state index in [1.165, 1.54) is 5.69 Å². The zero-order chi connectivity index (χ0) is 25.8. The van der Waals surface area contributed by atoms with E-state index in [1.54, 1.807) is 27.7 Å². The molecule has 0 aliphatic carbocycles. The van der Waals surface area contributed by atoms with Gasteiger partial charge >= 0.3 is 0 Å². The van der Waals surface area contributed by atoms with Crippen molar-refractivity contribution in [2.24, 2.45) is 0 Å². The first kappa shape index (κ1) is 24.5. The topological polar surface area (TPSA) is 93.3 Å². The molecule has 0 unspecified atom stereocenters. The summed E-state index contributed by atoms with van der Waals surface area (Å²) in [5, 5.41) is 3.68. The van der Waals surface area contributed by atoms with Gasteiger partial charge in [-0.1, -0.05) is 19.1 Å². The Labute approximate surface area is 215 Å². The molecule has 192 valence electrons. The maximum Gasteiger partial charge on any atom is 0.278 e. The average Bonchev–Trinajstić information content (AvgIpc) is 3.19. The number of nitrogens with one attached hydrogen (secondary N) is 1. The second kappa shape index (κ2) is 10.8. The number of anilines is 3. The predicted molar refractivity (Wildman–Crippen MR) is 146 cm³/mol. The Bertz CT molecular complexity index is 1440. The highest BCUT2D eigenvalue weighted by molar-refractivity contribution is 5.77. The first-order valence-electron chi connectivity index (χ1n) is 12.6. The van der Waals surface area contributed by atoms with E-state index in [9.17, 15) is 4.79 Å². The van der Waals surface area contributed by atoms with E-state index in [0.717, 1.165) is 38.3 Å². The molecule has 1 aromatic carbocycles. The molecule has 1 aliphatic rings. The molecule has 1 saturated heterocycles. The molecule has 4 heterocycles. The van der Waals surface area contributed by atoms with Gasteiger partial charge in [-0.15, -0.1) is 6.58 Å². The van der Waals surface area contributed by atoms with E-state index in [-0.39, 0.29) is 5.56 Å². The third-order valence-electron chi connectivity index (χ3n) is 6.35. The summed E-state index contributed by atoms with van der Waals surface area (Å²) in [6.45, 7) is 10.9. The van der Waals surface area contributed by atoms with Crippen molar-refractivity contribution in [3.63, 3.8) is 0 Å². The van der Waals surface area contributed by atoms with Crippen LogP contribution in [0.3, 0.4) is 0 Å². The molecule has 10 nitrogen and oxygen atoms in total. The minimum atomic E-state index is -0.209. The fourth-order valence-corrected chi connectivity index (χ4v) is 4.37. The maximum atomic E-state index is 13.2. The van der Waals surface area contributed by atoms with Gasteiger partial charge in [0.25, 0.3) is 5.56 Å². The number of nitrogens with zero attached hydrogens (tertiary/aromatic N) is 7. The van der Waals surface area contributed by atoms with Crippen molar-refractivity contribution in [2.75, 3.05) is 50.1 Å². The van der Waals surface area contributed by atoms with Crippen LogP contribution in [0.5, 0.6) is 5.88 Å². The summed E-state index contributed by atoms with van der Waals surface area (Å²) in [5.74, 6) is 1.41. The van der Waals surface area contributed by atoms with E-state index >= 15 is 0 Å². The summed E-state index contributed by atoms with van der Waals surface area (Å²) in [4.78, 5) is 31.6. The summed E-state index contributed by atoms with van der Waals surface area (Å²) in [6.07, 6.45) is 4.10. The van der Waals surface area contributed by atoms with Crippen molar-refractivity contribution in [2.45, 2.75) is 19.9 Å². The molecule has 0 atom stereocenters. The number of hydrogen-bond acceptors (Lipinski definition) is 8. The molecular weight excluding hydrogens is 468 g/mol. The van der Waals surface area contributed by atoms with Crippen LogP contribution in [-0.4, -0.2) is 69.0 Å². The van der Waals surface area contributed by atoms with Crippen LogP contribution in [0.15, 0.2) is 66.1 Å². The van der Waals surface area contributed by atoms with Gasteiger partial charge in [0, 0.05) is 49.8 Å². The van der Waals surface area contributed by atoms with E-state index < -0.39 is 0 Å². The van der Waals surface area contributed by atoms with Crippen molar-refractivity contribution >= 4 is 28.4 Å². The van der Waals surface area contributed by atoms with Crippen LogP contribution >= 0.6 is 0 Å². The van der Waals surface area contributed by atoms with E-state index in [2.05, 4.69) is 50.8 Å². The maximum absolute atomic E-state index is 13.2. The number of benzene rings is 1. The van der Waals surface area contributed by atoms with Crippen LogP contribution in [0, 0.1) is 0 Å². The minimum absolute atomic E-state index is 0.209. The van der Waals surface area contributed by atoms with Gasteiger partial charge in [-0.3, -0.25) is 4.79 Å². The number of allylic oxidation sites excluding steroid dienone is 1. The van der Waals surface area contributed by atoms with Crippen molar-refractivity contribution in [3.8, 4) is 11.7 Å². The van der Waals surface area contributed by atoms with Crippen LogP contribution in [0.1, 0.15) is 13.3 Å². The highest BCUT2D eigenvalue weighted by Crippen LogP contribution is 2.23. The minimum Gasteiger partial charge on any atom is -0.478 e. The molecule has 0 amide bonds. The third-order valence-corrected chi connectivity index (χ3v) is 6.35. The van der Waals surface area contributed by atoms with Gasteiger partial charge in [0.05, 0.1) is 13.2 Å². The van der Waals surface area contributed by atoms with Crippen molar-refractivity contribution < 1.29 is 4.74 Å². The zero-order valence-electron chi connectivity index (χ0n) is 21.3. The number of rotatable bonds is 9. The summed E-state index contributed by atoms with van der Waals surface area (Å²) in [6, 6.07) is 13.7. The molecule has 1 N–H and O–H groups in total. The van der Waals surface area contributed by atoms with Crippen LogP contribution in [0.2, 0.25) is 0 Å². The summed E-state index contributed by atoms with van der Waals surface area (Å²) in [7, 11) is 2.15. The van der Waals surface area contributed by atoms with Gasteiger partial charge in [0.2, 0.25) is 11.8 Å². The zero-order valence-corrected chi connectivity index (χ0v) is 21.3. The number of piperazine rings is 1. The van der Waals surface area contributed by atoms with E-state index in [4.69, 9.17) is 9.72 Å². The largest absolute Gasteiger partial charge is 0.478 e. The Hall–Kier alpha value is -4.18. The van der Waals surface area contributed by atoms with E-state index in [0.29, 0.717) is 41.8 Å². The highest BCUT2D eigenvalue weighted by Gasteiger charge is 2.19. The molecule has 5 rings (SSSR count). The SMILES string of the molecule is C=CCn1c(=O)c2cnc(Nc3ccc(N4CCN(C)CC4)cc3)nc2n1-c1cccc(OCCC)n1. The van der Waals surface area contributed by atoms with Crippen LogP contribution in [0.25, 0.3) is 16.9 Å². The highest BCUT2D eigenvalue weighted by atomic mass is 16.5. The Morgan fingerprint density at radius 1 is 1.08 bits per heavy atom. The van der Waals surface area contributed by atoms with Gasteiger partial charge in [-0.05, 0) is 43.8 Å². The lowest BCUT2D eigenvalue weighted by Crippen LogP contribution is -2.44. The summed E-state index contributed by atoms with van der Waals surface area (Å²) < 4.78 is 8.96. The lowest BCUT2D eigenvalue weighted by molar-refractivity contribution is 0.304. The van der Waals surface area contributed by atoms with Crippen molar-refractivity contribution in [1.82, 2.24) is 29.2 Å². The number of hydrogen-bond donors (Lipinski definition) is 1. The van der Waals surface area contributed by atoms with Gasteiger partial charge in [0.1, 0.15) is 5.39 Å². The molecule has 4 aromatic rings. The molecule has 1 aliphatic heterocycles. The molecule has 0 spiro atoms. The second-order valence-electron chi connectivity index (χ2n) is 9.06. The van der Waals surface area contributed by atoms with Crippen LogP contribution in [-0.2, 0) is 6.54 Å². The number of aromatic nitrogens is 5. The van der Waals surface area contributed by atoms with Crippen molar-refractivity contribution in [3.05, 3.63) is 71.7 Å². The fourth-order valence-electron chi connectivity index (χ4n) is 4.37. The number of likely N-dealkylation sites (N-methyl/N-ethyl adjacent to an activating group) is 1. The number of ether oxygens (including phenoxy) is 1. The smallest absolute Gasteiger partial charge is 0.278 e. The number of pyridine rings is 1. The standard InChI is InChI=1S/C27H32N8O2/c1-4-13-34-26(36)22-19-28-27(29-20-9-11-21(12-10-20)33-16-14-32(3)15-17-33)31-25(22)35(34)23-7-6-8-24(30-23)37-18-5-2/h4,6-12,19H,1,5,13-18H2,2-3H3,(H,28,29,31). The average molecular weight is 501 g/mol. The molecule has 0 saturated carbocycles. The van der Waals surface area contributed by atoms with Gasteiger partial charge in [0.15, 0.2) is 11.5 Å². The lowest BCUT2D eigenvalue weighted by Gasteiger charge is -2.34. The molecule has 3 aromatic heterocycles. The first-order valence-corrected chi connectivity index (χ1v) is 12.6. The first-order chi connectivity index (χ1) is 18.1. The molecule has 10 heteroatoms. The van der Waals surface area contributed by atoms with Crippen LogP contribution < -0.4 is 20.5 Å². The molecular formula is C27H32N8O2. The Kier molecular flexibility index (Phi) is 7.18. The second-order valence-corrected chi connectivity index (χ2v) is 9.06. The van der Waals surface area contributed by atoms with Crippen LogP contribution in [0.4, 0.5) is 17.3 Å². The molecule has 0 bridgehead atoms. The van der Waals surface area contributed by atoms with Gasteiger partial charge in [-0.25, -0.2) is 14.3 Å². The molecule has 1 fully saturated rings. The number of fused-ring (bicyclic) bond motifs is 1. The molecule has 37 heavy (non-hydrogen) atoms. The Balaban J connectivity index is 1.46. The normalized spacial score (nSPS) is 14.2. The summed E-state index contributed by atoms with van der Waals surface area (Å²) >= 11 is 0. The monoisotopic (exact) mass is 500 g/mol. The summed E-state index contributed by atoms with van der Waals surface area (Å²) in [5.41, 5.74) is 2.31. The fraction of sp³-hybridized carbons (Fsp3) is 0.333. The quantitative estimate of drug-likeness (QED) is 0.350. The van der Waals surface area contributed by atoms with Gasteiger partial charge < -0.3 is 19.9 Å². The third kappa shape index (κ3) is 5.19. The van der Waals surface area contributed by atoms with Crippen molar-refractivity contribution in [1.29, 1.82) is 0 Å². The molecule has 0 radical (unpaired) electrons. The Morgan fingerprint density at radius 2 is 1.86 bits per heavy atom. The lowest BCUT2D eigenvalue weighted by atomic mass is 10.2. The van der Waals surface area contributed by atoms with E-state index in [1.807, 2.05) is 31.2 Å². The van der Waals surface area contributed by atoms with Gasteiger partial charge in [-0.2, -0.15) is 9.97 Å².